The molecule has 1 aromatic heterocycles. The fourth-order valence-corrected chi connectivity index (χ4v) is 3.06. The molecule has 1 atom stereocenters. The first-order valence-corrected chi connectivity index (χ1v) is 7.01. The number of halogens is 1. The van der Waals surface area contributed by atoms with E-state index in [0.29, 0.717) is 0 Å². The Kier molecular flexibility index (Phi) is 3.45. The zero-order valence-electron chi connectivity index (χ0n) is 10.8. The Morgan fingerprint density at radius 3 is 3.00 bits per heavy atom. The smallest absolute Gasteiger partial charge is 0.337 e. The van der Waals surface area contributed by atoms with Crippen molar-refractivity contribution in [1.82, 2.24) is 4.98 Å². The van der Waals surface area contributed by atoms with Crippen molar-refractivity contribution in [2.75, 3.05) is 0 Å². The fraction of sp³-hybridized carbons (Fsp3) is 0.250. The molecule has 0 bridgehead atoms. The number of pyridine rings is 1. The Hall–Kier alpha value is -1.87. The molecule has 4 heteroatoms. The topological polar surface area (TPSA) is 50.2 Å². The van der Waals surface area contributed by atoms with E-state index in [-0.39, 0.29) is 16.5 Å². The van der Waals surface area contributed by atoms with E-state index in [2.05, 4.69) is 11.1 Å². The number of rotatable bonds is 2. The van der Waals surface area contributed by atoms with Gasteiger partial charge in [0.2, 0.25) is 0 Å². The van der Waals surface area contributed by atoms with Crippen molar-refractivity contribution >= 4 is 17.6 Å². The lowest BCUT2D eigenvalue weighted by Gasteiger charge is -2.24. The standard InChI is InChI=1S/C16H14ClNO2/c17-14-7-6-11(9-13(14)16(19)20)12-5-1-3-10-4-2-8-18-15(10)12/h2,4,6-9,12H,1,3,5H2,(H,19,20). The van der Waals surface area contributed by atoms with E-state index >= 15 is 0 Å². The highest BCUT2D eigenvalue weighted by molar-refractivity contribution is 6.33. The van der Waals surface area contributed by atoms with E-state index in [1.54, 1.807) is 18.3 Å². The van der Waals surface area contributed by atoms with Gasteiger partial charge in [0.05, 0.1) is 16.3 Å². The van der Waals surface area contributed by atoms with Gasteiger partial charge in [-0.25, -0.2) is 4.79 Å². The van der Waals surface area contributed by atoms with Crippen LogP contribution in [0.4, 0.5) is 0 Å². The van der Waals surface area contributed by atoms with Crippen LogP contribution in [0.25, 0.3) is 0 Å². The molecule has 1 N–H and O–H groups in total. The third kappa shape index (κ3) is 2.29. The number of hydrogen-bond acceptors (Lipinski definition) is 2. The van der Waals surface area contributed by atoms with Crippen LogP contribution in [0.1, 0.15) is 45.9 Å². The van der Waals surface area contributed by atoms with E-state index in [4.69, 9.17) is 11.6 Å². The van der Waals surface area contributed by atoms with Gasteiger partial charge in [-0.05, 0) is 48.6 Å². The molecule has 0 spiro atoms. The Morgan fingerprint density at radius 1 is 1.35 bits per heavy atom. The first-order chi connectivity index (χ1) is 9.66. The van der Waals surface area contributed by atoms with Crippen LogP contribution < -0.4 is 0 Å². The Labute approximate surface area is 122 Å². The summed E-state index contributed by atoms with van der Waals surface area (Å²) in [5.74, 6) is -0.829. The zero-order valence-corrected chi connectivity index (χ0v) is 11.6. The monoisotopic (exact) mass is 287 g/mol. The molecular weight excluding hydrogens is 274 g/mol. The van der Waals surface area contributed by atoms with Crippen LogP contribution in [-0.2, 0) is 6.42 Å². The molecule has 0 saturated heterocycles. The summed E-state index contributed by atoms with van der Waals surface area (Å²) in [6.45, 7) is 0. The Bertz CT molecular complexity index is 669. The van der Waals surface area contributed by atoms with Gasteiger partial charge < -0.3 is 5.11 Å². The molecule has 0 saturated carbocycles. The molecule has 102 valence electrons. The van der Waals surface area contributed by atoms with Crippen LogP contribution in [0.2, 0.25) is 5.02 Å². The normalized spacial score (nSPS) is 17.6. The van der Waals surface area contributed by atoms with Gasteiger partial charge in [-0.3, -0.25) is 4.98 Å². The molecule has 0 amide bonds. The molecule has 2 aromatic rings. The number of aromatic carboxylic acids is 1. The largest absolute Gasteiger partial charge is 0.478 e. The van der Waals surface area contributed by atoms with Crippen molar-refractivity contribution in [3.05, 3.63) is 63.9 Å². The average molecular weight is 288 g/mol. The third-order valence-electron chi connectivity index (χ3n) is 3.82. The maximum absolute atomic E-state index is 11.2. The van der Waals surface area contributed by atoms with Gasteiger partial charge in [0.25, 0.3) is 0 Å². The van der Waals surface area contributed by atoms with Gasteiger partial charge in [0, 0.05) is 12.1 Å². The van der Waals surface area contributed by atoms with Gasteiger partial charge in [-0.1, -0.05) is 23.7 Å². The lowest BCUT2D eigenvalue weighted by Crippen LogP contribution is -2.13. The van der Waals surface area contributed by atoms with Gasteiger partial charge in [-0.15, -0.1) is 0 Å². The summed E-state index contributed by atoms with van der Waals surface area (Å²) in [4.78, 5) is 15.7. The third-order valence-corrected chi connectivity index (χ3v) is 4.15. The predicted octanol–water partition coefficient (Wildman–Crippen LogP) is 3.90. The van der Waals surface area contributed by atoms with Crippen LogP contribution >= 0.6 is 11.6 Å². The second-order valence-electron chi connectivity index (χ2n) is 5.04. The van der Waals surface area contributed by atoms with Gasteiger partial charge in [0.15, 0.2) is 0 Å². The number of carboxylic acid groups (broad SMARTS) is 1. The number of aromatic nitrogens is 1. The number of aryl methyl sites for hydroxylation is 1. The van der Waals surface area contributed by atoms with Crippen LogP contribution in [0.5, 0.6) is 0 Å². The number of carboxylic acids is 1. The highest BCUT2D eigenvalue weighted by atomic mass is 35.5. The van der Waals surface area contributed by atoms with Gasteiger partial charge in [0.1, 0.15) is 0 Å². The minimum Gasteiger partial charge on any atom is -0.478 e. The van der Waals surface area contributed by atoms with E-state index in [1.807, 2.05) is 12.1 Å². The Morgan fingerprint density at radius 2 is 2.20 bits per heavy atom. The predicted molar refractivity (Wildman–Crippen MR) is 77.4 cm³/mol. The molecule has 0 aliphatic heterocycles. The van der Waals surface area contributed by atoms with E-state index in [0.717, 1.165) is 30.5 Å². The van der Waals surface area contributed by atoms with E-state index in [1.165, 1.54) is 5.56 Å². The van der Waals surface area contributed by atoms with Gasteiger partial charge >= 0.3 is 5.97 Å². The molecule has 20 heavy (non-hydrogen) atoms. The summed E-state index contributed by atoms with van der Waals surface area (Å²) >= 11 is 5.93. The number of carbonyl (C=O) groups is 1. The number of nitrogens with zero attached hydrogens (tertiary/aromatic N) is 1. The summed E-state index contributed by atoms with van der Waals surface area (Å²) in [5.41, 5.74) is 3.46. The number of fused-ring (bicyclic) bond motifs is 1. The molecule has 1 aliphatic carbocycles. The highest BCUT2D eigenvalue weighted by Crippen LogP contribution is 2.36. The first-order valence-electron chi connectivity index (χ1n) is 6.63. The average Bonchev–Trinajstić information content (AvgIpc) is 2.47. The summed E-state index contributed by atoms with van der Waals surface area (Å²) in [5, 5.41) is 9.46. The minimum absolute atomic E-state index is 0.159. The summed E-state index contributed by atoms with van der Waals surface area (Å²) in [6, 6.07) is 9.30. The lowest BCUT2D eigenvalue weighted by atomic mass is 9.82. The molecule has 0 fully saturated rings. The second kappa shape index (κ2) is 5.25. The van der Waals surface area contributed by atoms with Gasteiger partial charge in [-0.2, -0.15) is 0 Å². The first kappa shape index (κ1) is 13.1. The van der Waals surface area contributed by atoms with Crippen molar-refractivity contribution in [1.29, 1.82) is 0 Å². The molecule has 1 heterocycles. The van der Waals surface area contributed by atoms with E-state index < -0.39 is 5.97 Å². The maximum Gasteiger partial charge on any atom is 0.337 e. The van der Waals surface area contributed by atoms with Crippen molar-refractivity contribution in [2.24, 2.45) is 0 Å². The van der Waals surface area contributed by atoms with Crippen molar-refractivity contribution < 1.29 is 9.90 Å². The molecular formula is C16H14ClNO2. The minimum atomic E-state index is -0.992. The van der Waals surface area contributed by atoms with Crippen molar-refractivity contribution in [3.8, 4) is 0 Å². The van der Waals surface area contributed by atoms with E-state index in [9.17, 15) is 9.90 Å². The van der Waals surface area contributed by atoms with Crippen LogP contribution in [0, 0.1) is 0 Å². The quantitative estimate of drug-likeness (QED) is 0.911. The fourth-order valence-electron chi connectivity index (χ4n) is 2.86. The molecule has 1 aliphatic rings. The summed E-state index contributed by atoms with van der Waals surface area (Å²) < 4.78 is 0. The van der Waals surface area contributed by atoms with Crippen LogP contribution in [0.15, 0.2) is 36.5 Å². The van der Waals surface area contributed by atoms with Crippen LogP contribution in [0.3, 0.4) is 0 Å². The van der Waals surface area contributed by atoms with Crippen LogP contribution in [-0.4, -0.2) is 16.1 Å². The molecule has 3 rings (SSSR count). The maximum atomic E-state index is 11.2. The summed E-state index contributed by atoms with van der Waals surface area (Å²) in [6.07, 6.45) is 4.92. The molecule has 3 nitrogen and oxygen atoms in total. The second-order valence-corrected chi connectivity index (χ2v) is 5.44. The number of benzene rings is 1. The highest BCUT2D eigenvalue weighted by Gasteiger charge is 2.24. The number of hydrogen-bond donors (Lipinski definition) is 1. The van der Waals surface area contributed by atoms with Crippen molar-refractivity contribution in [2.45, 2.75) is 25.2 Å². The molecule has 0 radical (unpaired) electrons. The lowest BCUT2D eigenvalue weighted by molar-refractivity contribution is 0.0697. The molecule has 1 unspecified atom stereocenters. The molecule has 1 aromatic carbocycles. The zero-order chi connectivity index (χ0) is 14.1. The SMILES string of the molecule is O=C(O)c1cc(C2CCCc3cccnc32)ccc1Cl. The Balaban J connectivity index is 2.07. The summed E-state index contributed by atoms with van der Waals surface area (Å²) in [7, 11) is 0. The van der Waals surface area contributed by atoms with Crippen molar-refractivity contribution in [3.63, 3.8) is 0 Å².